The van der Waals surface area contributed by atoms with Gasteiger partial charge in [-0.2, -0.15) is 13.2 Å². The molecule has 8 heteroatoms. The van der Waals surface area contributed by atoms with Crippen LogP contribution in [0.1, 0.15) is 24.8 Å². The molecule has 0 spiro atoms. The van der Waals surface area contributed by atoms with E-state index in [1.54, 1.807) is 30.3 Å². The van der Waals surface area contributed by atoms with Gasteiger partial charge >= 0.3 is 12.2 Å². The first-order chi connectivity index (χ1) is 10.9. The second-order valence-electron chi connectivity index (χ2n) is 5.27. The Morgan fingerprint density at radius 2 is 2.04 bits per heavy atom. The van der Waals surface area contributed by atoms with Crippen LogP contribution in [0.15, 0.2) is 30.3 Å². The van der Waals surface area contributed by atoms with E-state index in [9.17, 15) is 18.0 Å². The molecule has 0 unspecified atom stereocenters. The zero-order valence-electron chi connectivity index (χ0n) is 12.4. The molecule has 2 amide bonds. The van der Waals surface area contributed by atoms with Crippen molar-refractivity contribution in [1.82, 2.24) is 10.8 Å². The number of alkyl halides is 3. The van der Waals surface area contributed by atoms with Crippen LogP contribution in [0.4, 0.5) is 18.0 Å². The minimum Gasteiger partial charge on any atom is -0.350 e. The molecule has 0 saturated carbocycles. The van der Waals surface area contributed by atoms with Crippen molar-refractivity contribution in [2.24, 2.45) is 0 Å². The van der Waals surface area contributed by atoms with Gasteiger partial charge in [0.1, 0.15) is 6.04 Å². The van der Waals surface area contributed by atoms with Crippen LogP contribution in [0.3, 0.4) is 0 Å². The molecule has 1 fully saturated rings. The number of benzene rings is 1. The fourth-order valence-corrected chi connectivity index (χ4v) is 2.21. The minimum absolute atomic E-state index is 0.350. The second-order valence-corrected chi connectivity index (χ2v) is 5.27. The number of ether oxygens (including phenoxy) is 1. The Morgan fingerprint density at radius 1 is 1.30 bits per heavy atom. The van der Waals surface area contributed by atoms with Crippen molar-refractivity contribution >= 4 is 6.03 Å². The van der Waals surface area contributed by atoms with Crippen LogP contribution in [0.5, 0.6) is 0 Å². The first-order valence-corrected chi connectivity index (χ1v) is 7.39. The molecule has 1 saturated heterocycles. The predicted molar refractivity (Wildman–Crippen MR) is 76.3 cm³/mol. The molecular formula is C15H19F3N2O3. The van der Waals surface area contributed by atoms with Gasteiger partial charge in [-0.05, 0) is 18.4 Å². The number of hydroxylamine groups is 1. The lowest BCUT2D eigenvalue weighted by atomic mass is 10.1. The average Bonchev–Trinajstić information content (AvgIpc) is 2.53. The van der Waals surface area contributed by atoms with Gasteiger partial charge in [0.25, 0.3) is 0 Å². The number of amides is 2. The largest absolute Gasteiger partial charge is 0.408 e. The van der Waals surface area contributed by atoms with Gasteiger partial charge in [0.05, 0.1) is 0 Å². The van der Waals surface area contributed by atoms with Gasteiger partial charge in [-0.1, -0.05) is 30.3 Å². The molecule has 2 rings (SSSR count). The van der Waals surface area contributed by atoms with E-state index >= 15 is 0 Å². The van der Waals surface area contributed by atoms with E-state index in [1.807, 2.05) is 10.8 Å². The quantitative estimate of drug-likeness (QED) is 0.815. The van der Waals surface area contributed by atoms with Crippen LogP contribution >= 0.6 is 0 Å². The van der Waals surface area contributed by atoms with Crippen LogP contribution in [-0.4, -0.2) is 31.1 Å². The van der Waals surface area contributed by atoms with E-state index in [0.29, 0.717) is 18.6 Å². The Morgan fingerprint density at radius 3 is 2.65 bits per heavy atom. The second kappa shape index (κ2) is 8.16. The molecule has 0 radical (unpaired) electrons. The molecule has 1 aromatic carbocycles. The van der Waals surface area contributed by atoms with Crippen molar-refractivity contribution in [1.29, 1.82) is 0 Å². The molecule has 23 heavy (non-hydrogen) atoms. The lowest BCUT2D eigenvalue weighted by Gasteiger charge is -2.24. The summed E-state index contributed by atoms with van der Waals surface area (Å²) in [4.78, 5) is 16.6. The maximum Gasteiger partial charge on any atom is 0.408 e. The maximum atomic E-state index is 13.1. The van der Waals surface area contributed by atoms with Gasteiger partial charge in [0.2, 0.25) is 0 Å². The van der Waals surface area contributed by atoms with Crippen LogP contribution in [0, 0.1) is 0 Å². The molecule has 1 aromatic rings. The number of nitrogens with one attached hydrogen (secondary N) is 2. The highest BCUT2D eigenvalue weighted by atomic mass is 19.4. The fourth-order valence-electron chi connectivity index (χ4n) is 2.21. The predicted octanol–water partition coefficient (Wildman–Crippen LogP) is 2.92. The van der Waals surface area contributed by atoms with Gasteiger partial charge in [0.15, 0.2) is 6.29 Å². The molecule has 2 N–H and O–H groups in total. The summed E-state index contributed by atoms with van der Waals surface area (Å²) in [5, 5.41) is 1.89. The monoisotopic (exact) mass is 332 g/mol. The smallest absolute Gasteiger partial charge is 0.350 e. The van der Waals surface area contributed by atoms with Crippen molar-refractivity contribution in [3.05, 3.63) is 35.9 Å². The zero-order valence-corrected chi connectivity index (χ0v) is 12.4. The van der Waals surface area contributed by atoms with Crippen LogP contribution in [0.2, 0.25) is 0 Å². The Kier molecular flexibility index (Phi) is 6.23. The Labute approximate surface area is 132 Å². The van der Waals surface area contributed by atoms with E-state index < -0.39 is 24.5 Å². The summed E-state index contributed by atoms with van der Waals surface area (Å²) in [5.41, 5.74) is 2.44. The number of carbonyl (C=O) groups is 1. The molecule has 0 aliphatic carbocycles. The Hall–Kier alpha value is -1.80. The number of hydrogen-bond acceptors (Lipinski definition) is 3. The molecule has 128 valence electrons. The van der Waals surface area contributed by atoms with Crippen molar-refractivity contribution < 1.29 is 27.5 Å². The summed E-state index contributed by atoms with van der Waals surface area (Å²) in [6.45, 7) is 0.507. The molecule has 1 heterocycles. The summed E-state index contributed by atoms with van der Waals surface area (Å²) in [7, 11) is 0. The summed E-state index contributed by atoms with van der Waals surface area (Å²) in [5.74, 6) is 0. The lowest BCUT2D eigenvalue weighted by molar-refractivity contribution is -0.187. The molecule has 5 nitrogen and oxygen atoms in total. The molecular weight excluding hydrogens is 313 g/mol. The highest BCUT2D eigenvalue weighted by molar-refractivity contribution is 5.73. The van der Waals surface area contributed by atoms with Crippen molar-refractivity contribution in [3.63, 3.8) is 0 Å². The molecule has 1 aliphatic heterocycles. The minimum atomic E-state index is -4.56. The van der Waals surface area contributed by atoms with Crippen molar-refractivity contribution in [2.45, 2.75) is 44.2 Å². The van der Waals surface area contributed by atoms with Gasteiger partial charge in [-0.25, -0.2) is 15.1 Å². The summed E-state index contributed by atoms with van der Waals surface area (Å²) in [6, 6.07) is 5.11. The third kappa shape index (κ3) is 6.07. The highest BCUT2D eigenvalue weighted by Crippen LogP contribution is 2.23. The van der Waals surface area contributed by atoms with E-state index in [-0.39, 0.29) is 6.42 Å². The van der Waals surface area contributed by atoms with E-state index in [4.69, 9.17) is 9.57 Å². The van der Waals surface area contributed by atoms with E-state index in [1.165, 1.54) is 0 Å². The third-order valence-electron chi connectivity index (χ3n) is 3.40. The van der Waals surface area contributed by atoms with E-state index in [2.05, 4.69) is 0 Å². The van der Waals surface area contributed by atoms with Gasteiger partial charge in [-0.3, -0.25) is 0 Å². The Balaban J connectivity index is 1.85. The SMILES string of the molecule is O=C(NO[C@H]1CCCCO1)N[C@@H](Cc1ccccc1)C(F)(F)F. The lowest BCUT2D eigenvalue weighted by Crippen LogP contribution is -2.51. The first kappa shape index (κ1) is 17.6. The standard InChI is InChI=1S/C15H19F3N2O3/c16-15(17,18)12(10-11-6-2-1-3-7-11)19-14(21)20-23-13-8-4-5-9-22-13/h1-3,6-7,12-13H,4-5,8-10H2,(H2,19,20,21)/t12-,13-/m0/s1. The fraction of sp³-hybridized carbons (Fsp3) is 0.533. The van der Waals surface area contributed by atoms with Crippen LogP contribution in [0.25, 0.3) is 0 Å². The molecule has 1 aliphatic rings. The third-order valence-corrected chi connectivity index (χ3v) is 3.40. The number of urea groups is 1. The van der Waals surface area contributed by atoms with Crippen LogP contribution < -0.4 is 10.8 Å². The summed E-state index contributed by atoms with van der Waals surface area (Å²) in [6.07, 6.45) is -3.15. The van der Waals surface area contributed by atoms with Gasteiger partial charge in [0, 0.05) is 19.4 Å². The first-order valence-electron chi connectivity index (χ1n) is 7.39. The van der Waals surface area contributed by atoms with Crippen molar-refractivity contribution in [2.75, 3.05) is 6.61 Å². The zero-order chi connectivity index (χ0) is 16.7. The number of halogens is 3. The number of carbonyl (C=O) groups excluding carboxylic acids is 1. The summed E-state index contributed by atoms with van der Waals surface area (Å²) < 4.78 is 44.4. The normalized spacial score (nSPS) is 19.9. The molecule has 0 aromatic heterocycles. The van der Waals surface area contributed by atoms with Crippen molar-refractivity contribution in [3.8, 4) is 0 Å². The van der Waals surface area contributed by atoms with Gasteiger partial charge in [-0.15, -0.1) is 0 Å². The average molecular weight is 332 g/mol. The Bertz CT molecular complexity index is 490. The maximum absolute atomic E-state index is 13.1. The van der Waals surface area contributed by atoms with E-state index in [0.717, 1.165) is 12.8 Å². The molecule has 0 bridgehead atoms. The topological polar surface area (TPSA) is 59.6 Å². The molecule has 2 atom stereocenters. The number of hydrogen-bond donors (Lipinski definition) is 2. The van der Waals surface area contributed by atoms with Crippen LogP contribution in [-0.2, 0) is 16.0 Å². The number of rotatable bonds is 5. The summed E-state index contributed by atoms with van der Waals surface area (Å²) >= 11 is 0. The van der Waals surface area contributed by atoms with Gasteiger partial charge < -0.3 is 10.1 Å². The highest BCUT2D eigenvalue weighted by Gasteiger charge is 2.40.